The van der Waals surface area contributed by atoms with Gasteiger partial charge in [0.1, 0.15) is 5.75 Å². The van der Waals surface area contributed by atoms with Crippen molar-refractivity contribution in [2.24, 2.45) is 5.92 Å². The maximum absolute atomic E-state index is 12.9. The lowest BCUT2D eigenvalue weighted by molar-refractivity contribution is 0.0689. The molecule has 0 spiro atoms. The van der Waals surface area contributed by atoms with E-state index in [2.05, 4.69) is 4.90 Å². The molecule has 1 heterocycles. The summed E-state index contributed by atoms with van der Waals surface area (Å²) in [6.07, 6.45) is 1.78. The Labute approximate surface area is 153 Å². The van der Waals surface area contributed by atoms with Gasteiger partial charge in [-0.05, 0) is 43.1 Å². The first-order valence-corrected chi connectivity index (χ1v) is 8.80. The van der Waals surface area contributed by atoms with Gasteiger partial charge < -0.3 is 9.84 Å². The number of carboxylic acids is 1. The van der Waals surface area contributed by atoms with Crippen LogP contribution in [0.1, 0.15) is 39.1 Å². The van der Waals surface area contributed by atoms with E-state index in [9.17, 15) is 14.7 Å². The summed E-state index contributed by atoms with van der Waals surface area (Å²) in [5, 5.41) is 9.35. The molecular formula is C21H23NO4. The number of rotatable bonds is 6. The summed E-state index contributed by atoms with van der Waals surface area (Å²) < 4.78 is 5.21. The normalized spacial score (nSPS) is 17.7. The number of carbonyl (C=O) groups is 2. The van der Waals surface area contributed by atoms with Crippen LogP contribution in [-0.4, -0.2) is 42.0 Å². The number of piperidine rings is 1. The quantitative estimate of drug-likeness (QED) is 0.805. The third-order valence-corrected chi connectivity index (χ3v) is 4.87. The first kappa shape index (κ1) is 18.1. The number of ether oxygens (including phenoxy) is 1. The van der Waals surface area contributed by atoms with E-state index >= 15 is 0 Å². The van der Waals surface area contributed by atoms with Crippen LogP contribution in [0, 0.1) is 5.92 Å². The second-order valence-electron chi connectivity index (χ2n) is 6.63. The Balaban J connectivity index is 1.71. The van der Waals surface area contributed by atoms with Gasteiger partial charge >= 0.3 is 5.97 Å². The number of benzene rings is 2. The van der Waals surface area contributed by atoms with Crippen molar-refractivity contribution in [3.63, 3.8) is 0 Å². The summed E-state index contributed by atoms with van der Waals surface area (Å²) in [4.78, 5) is 26.4. The maximum Gasteiger partial charge on any atom is 0.336 e. The fourth-order valence-electron chi connectivity index (χ4n) is 3.53. The molecule has 0 saturated carbocycles. The van der Waals surface area contributed by atoms with Crippen molar-refractivity contribution >= 4 is 11.8 Å². The topological polar surface area (TPSA) is 66.8 Å². The highest BCUT2D eigenvalue weighted by molar-refractivity contribution is 5.98. The maximum atomic E-state index is 12.9. The predicted octanol–water partition coefficient (Wildman–Crippen LogP) is 3.49. The standard InChI is InChI=1S/C21H23NO4/c1-26-18-9-4-7-15(12-18)20(23)17-8-5-11-22(14-17)13-16-6-2-3-10-19(16)21(24)25/h2-4,6-7,9-10,12,17H,5,8,11,13-14H2,1H3,(H,24,25)/t17-/m0/s1. The minimum atomic E-state index is -0.915. The average Bonchev–Trinajstić information content (AvgIpc) is 2.68. The number of carboxylic acid groups (broad SMARTS) is 1. The molecule has 1 N–H and O–H groups in total. The molecule has 3 rings (SSSR count). The van der Waals surface area contributed by atoms with Gasteiger partial charge in [-0.2, -0.15) is 0 Å². The molecule has 2 aromatic rings. The highest BCUT2D eigenvalue weighted by atomic mass is 16.5. The number of hydrogen-bond acceptors (Lipinski definition) is 4. The van der Waals surface area contributed by atoms with Crippen LogP contribution in [0.5, 0.6) is 5.75 Å². The summed E-state index contributed by atoms with van der Waals surface area (Å²) in [7, 11) is 1.59. The zero-order valence-corrected chi connectivity index (χ0v) is 14.9. The van der Waals surface area contributed by atoms with E-state index in [0.717, 1.165) is 24.9 Å². The minimum absolute atomic E-state index is 0.0761. The molecule has 0 aliphatic carbocycles. The number of nitrogens with zero attached hydrogens (tertiary/aromatic N) is 1. The highest BCUT2D eigenvalue weighted by Crippen LogP contribution is 2.24. The van der Waals surface area contributed by atoms with E-state index in [1.165, 1.54) is 0 Å². The van der Waals surface area contributed by atoms with Gasteiger partial charge in [-0.3, -0.25) is 9.69 Å². The average molecular weight is 353 g/mol. The summed E-state index contributed by atoms with van der Waals surface area (Å²) in [5.74, 6) is -0.187. The second kappa shape index (κ2) is 8.15. The molecule has 136 valence electrons. The Kier molecular flexibility index (Phi) is 5.68. The molecule has 2 aromatic carbocycles. The van der Waals surface area contributed by atoms with Crippen LogP contribution >= 0.6 is 0 Å². The molecule has 0 radical (unpaired) electrons. The third-order valence-electron chi connectivity index (χ3n) is 4.87. The highest BCUT2D eigenvalue weighted by Gasteiger charge is 2.27. The molecule has 0 amide bonds. The molecule has 0 bridgehead atoms. The number of Topliss-reactive ketones (excluding diaryl/α,β-unsaturated/α-hetero) is 1. The number of methoxy groups -OCH3 is 1. The number of carbonyl (C=O) groups excluding carboxylic acids is 1. The van der Waals surface area contributed by atoms with Crippen LogP contribution in [-0.2, 0) is 6.54 Å². The minimum Gasteiger partial charge on any atom is -0.497 e. The van der Waals surface area contributed by atoms with E-state index in [1.807, 2.05) is 30.3 Å². The molecule has 1 atom stereocenters. The molecule has 1 saturated heterocycles. The summed E-state index contributed by atoms with van der Waals surface area (Å²) in [5.41, 5.74) is 1.78. The third kappa shape index (κ3) is 4.11. The van der Waals surface area contributed by atoms with Gasteiger partial charge in [0, 0.05) is 24.6 Å². The van der Waals surface area contributed by atoms with Crippen molar-refractivity contribution in [2.75, 3.05) is 20.2 Å². The van der Waals surface area contributed by atoms with Crippen molar-refractivity contribution in [2.45, 2.75) is 19.4 Å². The SMILES string of the molecule is COc1cccc(C(=O)[C@H]2CCCN(Cc3ccccc3C(=O)O)C2)c1. The van der Waals surface area contributed by atoms with Gasteiger partial charge in [-0.25, -0.2) is 4.79 Å². The molecular weight excluding hydrogens is 330 g/mol. The Bertz CT molecular complexity index is 802. The molecule has 26 heavy (non-hydrogen) atoms. The zero-order valence-electron chi connectivity index (χ0n) is 14.9. The summed E-state index contributed by atoms with van der Waals surface area (Å²) >= 11 is 0. The molecule has 1 fully saturated rings. The van der Waals surface area contributed by atoms with Gasteiger partial charge in [0.05, 0.1) is 12.7 Å². The molecule has 0 unspecified atom stereocenters. The van der Waals surface area contributed by atoms with Gasteiger partial charge in [-0.15, -0.1) is 0 Å². The molecule has 5 heteroatoms. The first-order valence-electron chi connectivity index (χ1n) is 8.80. The number of aromatic carboxylic acids is 1. The van der Waals surface area contributed by atoms with Crippen LogP contribution < -0.4 is 4.74 Å². The van der Waals surface area contributed by atoms with Crippen molar-refractivity contribution in [3.8, 4) is 5.75 Å². The van der Waals surface area contributed by atoms with E-state index in [0.29, 0.717) is 30.0 Å². The Morgan fingerprint density at radius 1 is 1.19 bits per heavy atom. The largest absolute Gasteiger partial charge is 0.497 e. The van der Waals surface area contributed by atoms with E-state index in [-0.39, 0.29) is 11.7 Å². The summed E-state index contributed by atoms with van der Waals surface area (Å²) in [6, 6.07) is 14.3. The van der Waals surface area contributed by atoms with Gasteiger partial charge in [-0.1, -0.05) is 30.3 Å². The lowest BCUT2D eigenvalue weighted by atomic mass is 9.89. The van der Waals surface area contributed by atoms with E-state index in [1.54, 1.807) is 25.3 Å². The Morgan fingerprint density at radius 3 is 2.77 bits per heavy atom. The smallest absolute Gasteiger partial charge is 0.336 e. The lowest BCUT2D eigenvalue weighted by Gasteiger charge is -2.32. The Hall–Kier alpha value is -2.66. The van der Waals surface area contributed by atoms with E-state index in [4.69, 9.17) is 4.74 Å². The molecule has 1 aliphatic rings. The van der Waals surface area contributed by atoms with Crippen LogP contribution in [0.15, 0.2) is 48.5 Å². The van der Waals surface area contributed by atoms with Crippen LogP contribution in [0.2, 0.25) is 0 Å². The predicted molar refractivity (Wildman–Crippen MR) is 98.7 cm³/mol. The first-order chi connectivity index (χ1) is 12.6. The number of hydrogen-bond donors (Lipinski definition) is 1. The molecule has 1 aliphatic heterocycles. The van der Waals surface area contributed by atoms with E-state index < -0.39 is 5.97 Å². The summed E-state index contributed by atoms with van der Waals surface area (Å²) in [6.45, 7) is 2.06. The van der Waals surface area contributed by atoms with Crippen molar-refractivity contribution in [3.05, 3.63) is 65.2 Å². The van der Waals surface area contributed by atoms with Crippen molar-refractivity contribution < 1.29 is 19.4 Å². The monoisotopic (exact) mass is 353 g/mol. The fourth-order valence-corrected chi connectivity index (χ4v) is 3.53. The van der Waals surface area contributed by atoms with Crippen molar-refractivity contribution in [1.29, 1.82) is 0 Å². The van der Waals surface area contributed by atoms with Gasteiger partial charge in [0.15, 0.2) is 5.78 Å². The van der Waals surface area contributed by atoms with Crippen LogP contribution in [0.4, 0.5) is 0 Å². The van der Waals surface area contributed by atoms with Gasteiger partial charge in [0.25, 0.3) is 0 Å². The van der Waals surface area contributed by atoms with Crippen LogP contribution in [0.25, 0.3) is 0 Å². The van der Waals surface area contributed by atoms with Gasteiger partial charge in [0.2, 0.25) is 0 Å². The number of likely N-dealkylation sites (tertiary alicyclic amines) is 1. The van der Waals surface area contributed by atoms with Crippen molar-refractivity contribution in [1.82, 2.24) is 4.90 Å². The lowest BCUT2D eigenvalue weighted by Crippen LogP contribution is -2.38. The molecule has 5 nitrogen and oxygen atoms in total. The Morgan fingerprint density at radius 2 is 2.00 bits per heavy atom. The second-order valence-corrected chi connectivity index (χ2v) is 6.63. The fraction of sp³-hybridized carbons (Fsp3) is 0.333. The molecule has 0 aromatic heterocycles. The zero-order chi connectivity index (χ0) is 18.5. The number of ketones is 1. The van der Waals surface area contributed by atoms with Crippen LogP contribution in [0.3, 0.4) is 0 Å².